The van der Waals surface area contributed by atoms with Crippen molar-refractivity contribution in [3.8, 4) is 0 Å². The third-order valence-corrected chi connectivity index (χ3v) is 2.63. The summed E-state index contributed by atoms with van der Waals surface area (Å²) < 4.78 is 0. The summed E-state index contributed by atoms with van der Waals surface area (Å²) in [6.07, 6.45) is 5.30. The van der Waals surface area contributed by atoms with Gasteiger partial charge in [-0.1, -0.05) is 18.2 Å². The number of rotatable bonds is 0. The van der Waals surface area contributed by atoms with E-state index < -0.39 is 5.54 Å². The number of nitrogens with one attached hydrogen (secondary N) is 1. The lowest BCUT2D eigenvalue weighted by Crippen LogP contribution is -2.28. The first-order chi connectivity index (χ1) is 6.83. The van der Waals surface area contributed by atoms with E-state index in [1.165, 1.54) is 0 Å². The molecule has 1 aromatic rings. The van der Waals surface area contributed by atoms with Crippen LogP contribution in [0, 0.1) is 0 Å². The molecule has 1 unspecified atom stereocenters. The van der Waals surface area contributed by atoms with E-state index in [1.807, 2.05) is 36.4 Å². The molecule has 2 aliphatic heterocycles. The Balaban J connectivity index is 2.29. The molecule has 0 saturated carbocycles. The number of hydrogen-bond acceptors (Lipinski definition) is 2. The summed E-state index contributed by atoms with van der Waals surface area (Å²) in [5, 5.41) is 2.83. The van der Waals surface area contributed by atoms with Gasteiger partial charge in [-0.2, -0.15) is 0 Å². The first-order valence-electron chi connectivity index (χ1n) is 4.47. The zero-order valence-corrected chi connectivity index (χ0v) is 7.40. The highest BCUT2D eigenvalue weighted by molar-refractivity contribution is 6.09. The van der Waals surface area contributed by atoms with Gasteiger partial charge in [-0.15, -0.1) is 0 Å². The number of fused-ring (bicyclic) bond motifs is 2. The van der Waals surface area contributed by atoms with Crippen molar-refractivity contribution < 1.29 is 4.79 Å². The van der Waals surface area contributed by atoms with Crippen LogP contribution in [-0.2, 0) is 10.3 Å². The van der Waals surface area contributed by atoms with Crippen LogP contribution in [0.15, 0.2) is 41.4 Å². The average molecular weight is 184 g/mol. The van der Waals surface area contributed by atoms with Gasteiger partial charge in [0.15, 0.2) is 5.54 Å². The maximum Gasteiger partial charge on any atom is 0.261 e. The molecule has 2 heterocycles. The standard InChI is InChI=1S/C11H8N2O/c14-10-11(6-3-7-12-11)8-4-1-2-5-9(8)13-10/h1-7H,(H,13,14). The van der Waals surface area contributed by atoms with Crippen molar-refractivity contribution in [2.45, 2.75) is 5.54 Å². The third-order valence-electron chi connectivity index (χ3n) is 2.63. The molecule has 0 aromatic heterocycles. The Morgan fingerprint density at radius 1 is 1.29 bits per heavy atom. The molecule has 1 atom stereocenters. The maximum atomic E-state index is 11.8. The number of carbonyl (C=O) groups is 1. The van der Waals surface area contributed by atoms with Crippen molar-refractivity contribution in [3.63, 3.8) is 0 Å². The Bertz CT molecular complexity index is 462. The van der Waals surface area contributed by atoms with Crippen LogP contribution in [0.3, 0.4) is 0 Å². The van der Waals surface area contributed by atoms with Gasteiger partial charge in [0.05, 0.1) is 0 Å². The van der Waals surface area contributed by atoms with Gasteiger partial charge in [-0.3, -0.25) is 9.79 Å². The Morgan fingerprint density at radius 2 is 2.14 bits per heavy atom. The van der Waals surface area contributed by atoms with Gasteiger partial charge in [0.25, 0.3) is 5.91 Å². The Kier molecular flexibility index (Phi) is 1.24. The van der Waals surface area contributed by atoms with E-state index in [9.17, 15) is 4.79 Å². The minimum Gasteiger partial charge on any atom is -0.323 e. The molecule has 0 bridgehead atoms. The zero-order valence-electron chi connectivity index (χ0n) is 7.40. The van der Waals surface area contributed by atoms with Crippen LogP contribution in [-0.4, -0.2) is 12.1 Å². The van der Waals surface area contributed by atoms with E-state index in [0.29, 0.717) is 0 Å². The van der Waals surface area contributed by atoms with Crippen molar-refractivity contribution in [1.82, 2.24) is 0 Å². The van der Waals surface area contributed by atoms with Gasteiger partial charge in [-0.05, 0) is 18.2 Å². The molecule has 3 rings (SSSR count). The molecule has 0 radical (unpaired) electrons. The Labute approximate surface area is 81.2 Å². The Morgan fingerprint density at radius 3 is 2.93 bits per heavy atom. The van der Waals surface area contributed by atoms with E-state index >= 15 is 0 Å². The van der Waals surface area contributed by atoms with E-state index in [2.05, 4.69) is 10.3 Å². The fraction of sp³-hybridized carbons (Fsp3) is 0.0909. The first kappa shape index (κ1) is 7.50. The normalized spacial score (nSPS) is 27.0. The second-order valence-corrected chi connectivity index (χ2v) is 3.40. The molecule has 0 fully saturated rings. The van der Waals surface area contributed by atoms with Gasteiger partial charge in [0.1, 0.15) is 0 Å². The summed E-state index contributed by atoms with van der Waals surface area (Å²) in [6.45, 7) is 0. The van der Waals surface area contributed by atoms with Crippen molar-refractivity contribution in [1.29, 1.82) is 0 Å². The van der Waals surface area contributed by atoms with Crippen molar-refractivity contribution >= 4 is 17.8 Å². The number of allylic oxidation sites excluding steroid dienone is 1. The van der Waals surface area contributed by atoms with E-state index in [-0.39, 0.29) is 5.91 Å². The summed E-state index contributed by atoms with van der Waals surface area (Å²) >= 11 is 0. The lowest BCUT2D eigenvalue weighted by Gasteiger charge is -2.14. The number of amides is 1. The second-order valence-electron chi connectivity index (χ2n) is 3.40. The monoisotopic (exact) mass is 184 g/mol. The average Bonchev–Trinajstić information content (AvgIpc) is 2.77. The fourth-order valence-corrected chi connectivity index (χ4v) is 1.94. The molecule has 14 heavy (non-hydrogen) atoms. The molecule has 68 valence electrons. The summed E-state index contributed by atoms with van der Waals surface area (Å²) in [5.74, 6) is -0.0660. The second kappa shape index (κ2) is 2.32. The van der Waals surface area contributed by atoms with Crippen LogP contribution < -0.4 is 5.32 Å². The lowest BCUT2D eigenvalue weighted by atomic mass is 9.93. The Hall–Kier alpha value is -1.90. The van der Waals surface area contributed by atoms with Crippen LogP contribution in [0.5, 0.6) is 0 Å². The molecule has 1 aromatic carbocycles. The van der Waals surface area contributed by atoms with Crippen LogP contribution >= 0.6 is 0 Å². The van der Waals surface area contributed by atoms with Crippen LogP contribution in [0.2, 0.25) is 0 Å². The van der Waals surface area contributed by atoms with Crippen LogP contribution in [0.1, 0.15) is 5.56 Å². The van der Waals surface area contributed by atoms with Gasteiger partial charge in [0.2, 0.25) is 0 Å². The van der Waals surface area contributed by atoms with Crippen LogP contribution in [0.25, 0.3) is 0 Å². The summed E-state index contributed by atoms with van der Waals surface area (Å²) in [7, 11) is 0. The molecule has 0 aliphatic carbocycles. The predicted molar refractivity (Wildman–Crippen MR) is 54.4 cm³/mol. The lowest BCUT2D eigenvalue weighted by molar-refractivity contribution is -0.119. The van der Waals surface area contributed by atoms with Gasteiger partial charge >= 0.3 is 0 Å². The predicted octanol–water partition coefficient (Wildman–Crippen LogP) is 1.47. The fourth-order valence-electron chi connectivity index (χ4n) is 1.94. The van der Waals surface area contributed by atoms with E-state index in [0.717, 1.165) is 11.3 Å². The highest BCUT2D eigenvalue weighted by Crippen LogP contribution is 2.41. The van der Waals surface area contributed by atoms with Gasteiger partial charge < -0.3 is 5.32 Å². The van der Waals surface area contributed by atoms with Crippen molar-refractivity contribution in [2.24, 2.45) is 4.99 Å². The molecule has 2 aliphatic rings. The largest absolute Gasteiger partial charge is 0.323 e. The van der Waals surface area contributed by atoms with Crippen LogP contribution in [0.4, 0.5) is 5.69 Å². The smallest absolute Gasteiger partial charge is 0.261 e. The van der Waals surface area contributed by atoms with E-state index in [1.54, 1.807) is 6.21 Å². The van der Waals surface area contributed by atoms with Gasteiger partial charge in [0, 0.05) is 17.5 Å². The summed E-state index contributed by atoms with van der Waals surface area (Å²) in [4.78, 5) is 16.0. The van der Waals surface area contributed by atoms with Crippen molar-refractivity contribution in [3.05, 3.63) is 42.0 Å². The number of carbonyl (C=O) groups excluding carboxylic acids is 1. The number of anilines is 1. The first-order valence-corrected chi connectivity index (χ1v) is 4.47. The number of hydrogen-bond donors (Lipinski definition) is 1. The minimum atomic E-state index is -0.781. The highest BCUT2D eigenvalue weighted by Gasteiger charge is 2.45. The number of benzene rings is 1. The minimum absolute atomic E-state index is 0.0660. The highest BCUT2D eigenvalue weighted by atomic mass is 16.2. The topological polar surface area (TPSA) is 41.5 Å². The van der Waals surface area contributed by atoms with E-state index in [4.69, 9.17) is 0 Å². The summed E-state index contributed by atoms with van der Waals surface area (Å²) in [5.41, 5.74) is 1.02. The number of nitrogens with zero attached hydrogens (tertiary/aromatic N) is 1. The molecule has 3 nitrogen and oxygen atoms in total. The molecule has 1 amide bonds. The number of aliphatic imine (C=N–C) groups is 1. The SMILES string of the molecule is O=C1Nc2ccccc2C12C=CC=N2. The van der Waals surface area contributed by atoms with Crippen molar-refractivity contribution in [2.75, 3.05) is 5.32 Å². The molecule has 1 N–H and O–H groups in total. The maximum absolute atomic E-state index is 11.8. The zero-order chi connectivity index (χ0) is 9.60. The molecular weight excluding hydrogens is 176 g/mol. The molecule has 1 spiro atoms. The van der Waals surface area contributed by atoms with Gasteiger partial charge in [-0.25, -0.2) is 0 Å². The molecular formula is C11H8N2O. The summed E-state index contributed by atoms with van der Waals surface area (Å²) in [6, 6.07) is 7.65. The quantitative estimate of drug-likeness (QED) is 0.651. The molecule has 3 heteroatoms. The molecule has 0 saturated heterocycles. The third kappa shape index (κ3) is 0.719. The number of para-hydroxylation sites is 1.